The zero-order valence-electron chi connectivity index (χ0n) is 11.1. The van der Waals surface area contributed by atoms with E-state index in [1.807, 2.05) is 37.3 Å². The summed E-state index contributed by atoms with van der Waals surface area (Å²) in [6.07, 6.45) is -1.83. The van der Waals surface area contributed by atoms with Crippen LogP contribution < -0.4 is 5.32 Å². The summed E-state index contributed by atoms with van der Waals surface area (Å²) < 4.78 is 5.31. The normalized spacial score (nSPS) is 9.30. The first-order valence-corrected chi connectivity index (χ1v) is 5.75. The Balaban J connectivity index is 0.000000444. The van der Waals surface area contributed by atoms with Gasteiger partial charge in [0.1, 0.15) is 11.5 Å². The number of anilines is 1. The van der Waals surface area contributed by atoms with Crippen LogP contribution >= 0.6 is 0 Å². The van der Waals surface area contributed by atoms with E-state index in [1.165, 1.54) is 0 Å². The number of furan rings is 1. The number of benzene rings is 1. The number of carbonyl (C=O) groups is 2. The average Bonchev–Trinajstić information content (AvgIpc) is 2.69. The lowest BCUT2D eigenvalue weighted by molar-refractivity contribution is 0.102. The predicted octanol–water partition coefficient (Wildman–Crippen LogP) is 3.37. The Kier molecular flexibility index (Phi) is 5.34. The predicted molar refractivity (Wildman–Crippen MR) is 73.2 cm³/mol. The highest BCUT2D eigenvalue weighted by Crippen LogP contribution is 2.15. The SMILES string of the molecule is Cc1cc(C(=O)Nc2ccccc2)c(C)o1.O=C(O)O. The fourth-order valence-corrected chi connectivity index (χ4v) is 1.58. The Bertz CT molecular complexity index is 585. The van der Waals surface area contributed by atoms with Gasteiger partial charge in [-0.15, -0.1) is 0 Å². The number of amides is 1. The monoisotopic (exact) mass is 277 g/mol. The fourth-order valence-electron chi connectivity index (χ4n) is 1.58. The lowest BCUT2D eigenvalue weighted by Gasteiger charge is -2.03. The molecule has 0 atom stereocenters. The molecule has 6 nitrogen and oxygen atoms in total. The van der Waals surface area contributed by atoms with Gasteiger partial charge in [0.05, 0.1) is 5.56 Å². The van der Waals surface area contributed by atoms with Gasteiger partial charge in [0, 0.05) is 5.69 Å². The van der Waals surface area contributed by atoms with Gasteiger partial charge < -0.3 is 19.9 Å². The molecule has 6 heteroatoms. The smallest absolute Gasteiger partial charge is 0.466 e. The molecule has 1 aromatic heterocycles. The van der Waals surface area contributed by atoms with E-state index < -0.39 is 6.16 Å². The number of rotatable bonds is 2. The molecule has 0 fully saturated rings. The van der Waals surface area contributed by atoms with E-state index >= 15 is 0 Å². The van der Waals surface area contributed by atoms with Crippen LogP contribution in [0, 0.1) is 13.8 Å². The fraction of sp³-hybridized carbons (Fsp3) is 0.143. The van der Waals surface area contributed by atoms with Crippen LogP contribution in [-0.2, 0) is 0 Å². The quantitative estimate of drug-likeness (QED) is 0.781. The van der Waals surface area contributed by atoms with Crippen LogP contribution in [0.1, 0.15) is 21.9 Å². The third-order valence-electron chi connectivity index (χ3n) is 2.32. The summed E-state index contributed by atoms with van der Waals surface area (Å²) in [5.74, 6) is 1.25. The maximum Gasteiger partial charge on any atom is 0.503 e. The molecule has 0 aliphatic carbocycles. The highest BCUT2D eigenvalue weighted by Gasteiger charge is 2.13. The van der Waals surface area contributed by atoms with Crippen molar-refractivity contribution >= 4 is 17.7 Å². The van der Waals surface area contributed by atoms with Gasteiger partial charge in [0.25, 0.3) is 5.91 Å². The van der Waals surface area contributed by atoms with Crippen molar-refractivity contribution in [3.8, 4) is 0 Å². The molecule has 1 heterocycles. The van der Waals surface area contributed by atoms with Crippen LogP contribution in [0.3, 0.4) is 0 Å². The molecule has 106 valence electrons. The Labute approximate surface area is 115 Å². The van der Waals surface area contributed by atoms with Crippen molar-refractivity contribution < 1.29 is 24.2 Å². The molecule has 0 spiro atoms. The summed E-state index contributed by atoms with van der Waals surface area (Å²) in [6.45, 7) is 3.61. The summed E-state index contributed by atoms with van der Waals surface area (Å²) in [5, 5.41) is 16.8. The van der Waals surface area contributed by atoms with Gasteiger partial charge in [-0.25, -0.2) is 4.79 Å². The van der Waals surface area contributed by atoms with Gasteiger partial charge in [-0.1, -0.05) is 18.2 Å². The molecule has 20 heavy (non-hydrogen) atoms. The first kappa shape index (κ1) is 15.3. The molecule has 0 saturated carbocycles. The number of aryl methyl sites for hydroxylation is 2. The zero-order valence-corrected chi connectivity index (χ0v) is 11.1. The van der Waals surface area contributed by atoms with E-state index in [2.05, 4.69) is 5.32 Å². The van der Waals surface area contributed by atoms with E-state index in [4.69, 9.17) is 19.4 Å². The number of carboxylic acid groups (broad SMARTS) is 2. The maximum atomic E-state index is 11.9. The highest BCUT2D eigenvalue weighted by molar-refractivity contribution is 6.05. The molecule has 0 saturated heterocycles. The number of para-hydroxylation sites is 1. The molecule has 1 aromatic carbocycles. The van der Waals surface area contributed by atoms with Crippen molar-refractivity contribution in [2.45, 2.75) is 13.8 Å². The minimum atomic E-state index is -1.83. The minimum Gasteiger partial charge on any atom is -0.466 e. The molecule has 0 radical (unpaired) electrons. The van der Waals surface area contributed by atoms with E-state index in [-0.39, 0.29) is 5.91 Å². The average molecular weight is 277 g/mol. The summed E-state index contributed by atoms with van der Waals surface area (Å²) in [5.41, 5.74) is 1.37. The van der Waals surface area contributed by atoms with Crippen LogP contribution in [0.2, 0.25) is 0 Å². The lowest BCUT2D eigenvalue weighted by atomic mass is 10.2. The van der Waals surface area contributed by atoms with Gasteiger partial charge in [-0.2, -0.15) is 0 Å². The second-order valence-electron chi connectivity index (χ2n) is 3.93. The lowest BCUT2D eigenvalue weighted by Crippen LogP contribution is -2.11. The number of hydrogen-bond acceptors (Lipinski definition) is 3. The van der Waals surface area contributed by atoms with Gasteiger partial charge >= 0.3 is 6.16 Å². The van der Waals surface area contributed by atoms with Crippen molar-refractivity contribution in [1.29, 1.82) is 0 Å². The topological polar surface area (TPSA) is 99.8 Å². The minimum absolute atomic E-state index is 0.138. The zero-order chi connectivity index (χ0) is 15.1. The second-order valence-corrected chi connectivity index (χ2v) is 3.93. The van der Waals surface area contributed by atoms with E-state index in [0.29, 0.717) is 11.3 Å². The molecular weight excluding hydrogens is 262 g/mol. The number of hydrogen-bond donors (Lipinski definition) is 3. The second kappa shape index (κ2) is 6.98. The van der Waals surface area contributed by atoms with Crippen LogP contribution in [0.25, 0.3) is 0 Å². The molecule has 1 amide bonds. The van der Waals surface area contributed by atoms with Crippen molar-refractivity contribution in [3.63, 3.8) is 0 Å². The van der Waals surface area contributed by atoms with Crippen molar-refractivity contribution in [2.24, 2.45) is 0 Å². The van der Waals surface area contributed by atoms with Crippen LogP contribution in [-0.4, -0.2) is 22.3 Å². The number of nitrogens with one attached hydrogen (secondary N) is 1. The van der Waals surface area contributed by atoms with Crippen LogP contribution in [0.5, 0.6) is 0 Å². The standard InChI is InChI=1S/C13H13NO2.CH2O3/c1-9-8-12(10(2)16-9)13(15)14-11-6-4-3-5-7-11;2-1(3)4/h3-8H,1-2H3,(H,14,15);(H2,2,3,4). The maximum absolute atomic E-state index is 11.9. The van der Waals surface area contributed by atoms with E-state index in [0.717, 1.165) is 11.4 Å². The molecule has 2 rings (SSSR count). The van der Waals surface area contributed by atoms with Crippen molar-refractivity contribution in [1.82, 2.24) is 0 Å². The third kappa shape index (κ3) is 4.85. The van der Waals surface area contributed by atoms with Gasteiger partial charge in [0.2, 0.25) is 0 Å². The van der Waals surface area contributed by atoms with Gasteiger partial charge in [-0.05, 0) is 32.0 Å². The third-order valence-corrected chi connectivity index (χ3v) is 2.32. The first-order valence-electron chi connectivity index (χ1n) is 5.75. The summed E-state index contributed by atoms with van der Waals surface area (Å²) in [4.78, 5) is 20.4. The van der Waals surface area contributed by atoms with Gasteiger partial charge in [0.15, 0.2) is 0 Å². The van der Waals surface area contributed by atoms with Crippen LogP contribution in [0.15, 0.2) is 40.8 Å². The Hall–Kier alpha value is -2.76. The first-order chi connectivity index (χ1) is 9.40. The summed E-state index contributed by atoms with van der Waals surface area (Å²) in [6, 6.07) is 11.1. The summed E-state index contributed by atoms with van der Waals surface area (Å²) >= 11 is 0. The molecule has 2 aromatic rings. The van der Waals surface area contributed by atoms with Crippen molar-refractivity contribution in [2.75, 3.05) is 5.32 Å². The Morgan fingerprint density at radius 1 is 1.10 bits per heavy atom. The van der Waals surface area contributed by atoms with Gasteiger partial charge in [-0.3, -0.25) is 4.79 Å². The Morgan fingerprint density at radius 2 is 1.65 bits per heavy atom. The highest BCUT2D eigenvalue weighted by atomic mass is 16.6. The largest absolute Gasteiger partial charge is 0.503 e. The van der Waals surface area contributed by atoms with E-state index in [1.54, 1.807) is 13.0 Å². The molecule has 3 N–H and O–H groups in total. The number of carbonyl (C=O) groups excluding carboxylic acids is 1. The van der Waals surface area contributed by atoms with Crippen molar-refractivity contribution in [3.05, 3.63) is 53.5 Å². The molecule has 0 bridgehead atoms. The van der Waals surface area contributed by atoms with Crippen LogP contribution in [0.4, 0.5) is 10.5 Å². The molecule has 0 aliphatic heterocycles. The molecule has 0 aliphatic rings. The molecular formula is C14H15NO5. The Morgan fingerprint density at radius 3 is 2.10 bits per heavy atom. The van der Waals surface area contributed by atoms with E-state index in [9.17, 15) is 4.79 Å². The summed E-state index contributed by atoms with van der Waals surface area (Å²) in [7, 11) is 0. The molecule has 0 unspecified atom stereocenters.